The van der Waals surface area contributed by atoms with Crippen molar-refractivity contribution in [3.8, 4) is 12.3 Å². The molecule has 1 aromatic rings. The van der Waals surface area contributed by atoms with Gasteiger partial charge in [0.15, 0.2) is 5.76 Å². The molecular weight excluding hydrogens is 124 g/mol. The minimum atomic E-state index is 0.395. The number of rotatable bonds is 0. The maximum atomic E-state index is 5.50. The summed E-state index contributed by atoms with van der Waals surface area (Å²) in [6.07, 6.45) is 6.42. The van der Waals surface area contributed by atoms with E-state index in [2.05, 4.69) is 5.92 Å². The van der Waals surface area contributed by atoms with Crippen LogP contribution in [-0.4, -0.2) is 0 Å². The fraction of sp³-hybridized carbons (Fsp3) is 0. The van der Waals surface area contributed by atoms with Gasteiger partial charge in [0.1, 0.15) is 0 Å². The molecule has 0 aromatic carbocycles. The molecule has 2 heteroatoms. The summed E-state index contributed by atoms with van der Waals surface area (Å²) in [5.74, 6) is 2.67. The zero-order chi connectivity index (χ0) is 5.98. The van der Waals surface area contributed by atoms with E-state index in [0.717, 1.165) is 0 Å². The number of terminal acetylenes is 1. The Balaban J connectivity index is 3.15. The second-order valence-corrected chi connectivity index (χ2v) is 1.65. The average Bonchev–Trinajstić information content (AvgIpc) is 2.14. The van der Waals surface area contributed by atoms with Crippen LogP contribution in [0, 0.1) is 12.3 Å². The second-order valence-electron chi connectivity index (χ2n) is 1.24. The first-order valence-electron chi connectivity index (χ1n) is 2.04. The van der Waals surface area contributed by atoms with Crippen molar-refractivity contribution < 1.29 is 4.42 Å². The van der Waals surface area contributed by atoms with Gasteiger partial charge >= 0.3 is 0 Å². The van der Waals surface area contributed by atoms with Crippen molar-refractivity contribution in [3.05, 3.63) is 23.1 Å². The highest BCUT2D eigenvalue weighted by Crippen LogP contribution is 2.14. The molecule has 0 aliphatic rings. The van der Waals surface area contributed by atoms with Crippen LogP contribution >= 0.6 is 11.6 Å². The van der Waals surface area contributed by atoms with E-state index in [9.17, 15) is 0 Å². The fourth-order valence-electron chi connectivity index (χ4n) is 0.397. The van der Waals surface area contributed by atoms with Gasteiger partial charge in [0.2, 0.25) is 0 Å². The Morgan fingerprint density at radius 1 is 1.75 bits per heavy atom. The van der Waals surface area contributed by atoms with E-state index in [1.165, 1.54) is 6.26 Å². The van der Waals surface area contributed by atoms with Crippen LogP contribution in [0.1, 0.15) is 5.76 Å². The quantitative estimate of drug-likeness (QED) is 0.484. The Morgan fingerprint density at radius 2 is 2.50 bits per heavy atom. The van der Waals surface area contributed by atoms with Crippen LogP contribution in [0.25, 0.3) is 0 Å². The lowest BCUT2D eigenvalue weighted by molar-refractivity contribution is 0.554. The SMILES string of the molecule is C#Cc1occc1Cl. The number of hydrogen-bond acceptors (Lipinski definition) is 1. The molecule has 0 N–H and O–H groups in total. The predicted molar refractivity (Wildman–Crippen MR) is 31.7 cm³/mol. The molecular formula is C6H3ClO. The highest BCUT2D eigenvalue weighted by atomic mass is 35.5. The Morgan fingerprint density at radius 3 is 2.75 bits per heavy atom. The predicted octanol–water partition coefficient (Wildman–Crippen LogP) is 1.91. The lowest BCUT2D eigenvalue weighted by atomic mass is 10.5. The monoisotopic (exact) mass is 126 g/mol. The van der Waals surface area contributed by atoms with Crippen molar-refractivity contribution in [1.82, 2.24) is 0 Å². The van der Waals surface area contributed by atoms with Crippen LogP contribution in [0.3, 0.4) is 0 Å². The van der Waals surface area contributed by atoms with Crippen molar-refractivity contribution in [1.29, 1.82) is 0 Å². The maximum Gasteiger partial charge on any atom is 0.194 e. The Kier molecular flexibility index (Phi) is 1.27. The Bertz CT molecular complexity index is 219. The number of furan rings is 1. The molecule has 0 saturated heterocycles. The van der Waals surface area contributed by atoms with Gasteiger partial charge in [-0.05, 0) is 12.0 Å². The summed E-state index contributed by atoms with van der Waals surface area (Å²) >= 11 is 5.50. The third kappa shape index (κ3) is 0.706. The first-order valence-corrected chi connectivity index (χ1v) is 2.42. The number of halogens is 1. The lowest BCUT2D eigenvalue weighted by Crippen LogP contribution is -1.61. The van der Waals surface area contributed by atoms with Gasteiger partial charge < -0.3 is 4.42 Å². The zero-order valence-corrected chi connectivity index (χ0v) is 4.77. The minimum absolute atomic E-state index is 0.395. The Labute approximate surface area is 52.3 Å². The van der Waals surface area contributed by atoms with E-state index in [1.54, 1.807) is 6.07 Å². The molecule has 0 atom stereocenters. The van der Waals surface area contributed by atoms with E-state index in [-0.39, 0.29) is 0 Å². The molecule has 0 bridgehead atoms. The lowest BCUT2D eigenvalue weighted by Gasteiger charge is -1.76. The zero-order valence-electron chi connectivity index (χ0n) is 4.02. The van der Waals surface area contributed by atoms with Crippen LogP contribution in [0.4, 0.5) is 0 Å². The van der Waals surface area contributed by atoms with Gasteiger partial charge in [-0.3, -0.25) is 0 Å². The summed E-state index contributed by atoms with van der Waals surface area (Å²) in [6.45, 7) is 0. The van der Waals surface area contributed by atoms with Crippen molar-refractivity contribution in [2.24, 2.45) is 0 Å². The van der Waals surface area contributed by atoms with Gasteiger partial charge in [0.05, 0.1) is 11.3 Å². The maximum absolute atomic E-state index is 5.50. The highest BCUT2D eigenvalue weighted by Gasteiger charge is 1.95. The summed E-state index contributed by atoms with van der Waals surface area (Å²) in [4.78, 5) is 0. The van der Waals surface area contributed by atoms with Crippen LogP contribution in [-0.2, 0) is 0 Å². The standard InChI is InChI=1S/C6H3ClO/c1-2-6-5(7)3-4-8-6/h1,3-4H. The van der Waals surface area contributed by atoms with Crippen molar-refractivity contribution >= 4 is 11.6 Å². The summed E-state index contributed by atoms with van der Waals surface area (Å²) in [5, 5.41) is 0.493. The van der Waals surface area contributed by atoms with E-state index in [0.29, 0.717) is 10.8 Å². The minimum Gasteiger partial charge on any atom is -0.454 e. The van der Waals surface area contributed by atoms with E-state index in [1.807, 2.05) is 0 Å². The summed E-state index contributed by atoms with van der Waals surface area (Å²) < 4.78 is 4.75. The van der Waals surface area contributed by atoms with Gasteiger partial charge in [0, 0.05) is 0 Å². The van der Waals surface area contributed by atoms with Gasteiger partial charge in [-0.15, -0.1) is 6.42 Å². The molecule has 0 aliphatic heterocycles. The van der Waals surface area contributed by atoms with E-state index < -0.39 is 0 Å². The first kappa shape index (κ1) is 5.27. The normalized spacial score (nSPS) is 8.50. The molecule has 0 unspecified atom stereocenters. The van der Waals surface area contributed by atoms with Gasteiger partial charge in [-0.25, -0.2) is 0 Å². The van der Waals surface area contributed by atoms with Gasteiger partial charge in [-0.1, -0.05) is 11.6 Å². The molecule has 1 aromatic heterocycles. The molecule has 0 spiro atoms. The van der Waals surface area contributed by atoms with E-state index >= 15 is 0 Å². The smallest absolute Gasteiger partial charge is 0.194 e. The summed E-state index contributed by atoms with van der Waals surface area (Å²) in [7, 11) is 0. The number of hydrogen-bond donors (Lipinski definition) is 0. The first-order chi connectivity index (χ1) is 3.84. The van der Waals surface area contributed by atoms with Gasteiger partial charge in [0.25, 0.3) is 0 Å². The van der Waals surface area contributed by atoms with E-state index in [4.69, 9.17) is 22.4 Å². The van der Waals surface area contributed by atoms with Crippen LogP contribution < -0.4 is 0 Å². The summed E-state index contributed by atoms with van der Waals surface area (Å²) in [5.41, 5.74) is 0. The van der Waals surface area contributed by atoms with Crippen LogP contribution in [0.5, 0.6) is 0 Å². The second kappa shape index (κ2) is 1.94. The molecule has 1 rings (SSSR count). The molecule has 0 radical (unpaired) electrons. The topological polar surface area (TPSA) is 13.1 Å². The van der Waals surface area contributed by atoms with Crippen molar-refractivity contribution in [2.45, 2.75) is 0 Å². The molecule has 0 fully saturated rings. The fourth-order valence-corrected chi connectivity index (χ4v) is 0.547. The van der Waals surface area contributed by atoms with Crippen molar-refractivity contribution in [2.75, 3.05) is 0 Å². The third-order valence-corrected chi connectivity index (χ3v) is 1.05. The van der Waals surface area contributed by atoms with Crippen LogP contribution in [0.15, 0.2) is 16.7 Å². The Hall–Kier alpha value is -0.870. The van der Waals surface area contributed by atoms with Crippen molar-refractivity contribution in [3.63, 3.8) is 0 Å². The summed E-state index contributed by atoms with van der Waals surface area (Å²) in [6, 6.07) is 1.61. The van der Waals surface area contributed by atoms with Crippen LogP contribution in [0.2, 0.25) is 5.02 Å². The molecule has 0 saturated carbocycles. The molecule has 40 valence electrons. The third-order valence-electron chi connectivity index (χ3n) is 0.748. The molecule has 0 amide bonds. The van der Waals surface area contributed by atoms with Gasteiger partial charge in [-0.2, -0.15) is 0 Å². The average molecular weight is 127 g/mol. The molecule has 8 heavy (non-hydrogen) atoms. The molecule has 1 heterocycles. The molecule has 1 nitrogen and oxygen atoms in total. The largest absolute Gasteiger partial charge is 0.454 e. The highest BCUT2D eigenvalue weighted by molar-refractivity contribution is 6.31. The molecule has 0 aliphatic carbocycles.